The maximum Gasteiger partial charge on any atom is 0.294 e. The number of phenols is 1. The van der Waals surface area contributed by atoms with Crippen molar-refractivity contribution in [3.63, 3.8) is 0 Å². The van der Waals surface area contributed by atoms with Gasteiger partial charge in [0.1, 0.15) is 11.4 Å². The van der Waals surface area contributed by atoms with E-state index in [2.05, 4.69) is 10.5 Å². The maximum atomic E-state index is 10.8. The standard InChI is InChI=1S/C13H10N4O5/c18-13-6-5-10(16(19)20)7-9(13)8-14-15-11-3-1-2-4-12(11)17(21)22/h1-8,15,18H/b14-8-. The second kappa shape index (κ2) is 6.31. The monoisotopic (exact) mass is 302 g/mol. The van der Waals surface area contributed by atoms with E-state index in [0.29, 0.717) is 0 Å². The number of nitro groups is 2. The van der Waals surface area contributed by atoms with Gasteiger partial charge in [-0.1, -0.05) is 12.1 Å². The number of rotatable bonds is 5. The predicted octanol–water partition coefficient (Wildman–Crippen LogP) is 2.65. The Bertz CT molecular complexity index is 760. The van der Waals surface area contributed by atoms with Crippen LogP contribution < -0.4 is 5.43 Å². The van der Waals surface area contributed by atoms with Gasteiger partial charge in [0.15, 0.2) is 0 Å². The lowest BCUT2D eigenvalue weighted by atomic mass is 10.2. The minimum atomic E-state index is -0.605. The molecule has 0 aliphatic heterocycles. The van der Waals surface area contributed by atoms with Gasteiger partial charge in [0.25, 0.3) is 11.4 Å². The molecule has 0 bridgehead atoms. The number of para-hydroxylation sites is 2. The number of hydrazone groups is 1. The third-order valence-electron chi connectivity index (χ3n) is 2.71. The van der Waals surface area contributed by atoms with E-state index in [4.69, 9.17) is 0 Å². The van der Waals surface area contributed by atoms with Gasteiger partial charge in [-0.3, -0.25) is 25.7 Å². The van der Waals surface area contributed by atoms with E-state index in [-0.39, 0.29) is 28.4 Å². The highest BCUT2D eigenvalue weighted by Gasteiger charge is 2.12. The Labute approximate surface area is 123 Å². The summed E-state index contributed by atoms with van der Waals surface area (Å²) in [5, 5.41) is 34.9. The number of hydrogen-bond acceptors (Lipinski definition) is 7. The number of nitrogens with one attached hydrogen (secondary N) is 1. The lowest BCUT2D eigenvalue weighted by Crippen LogP contribution is -1.97. The average molecular weight is 302 g/mol. The molecule has 2 aromatic rings. The van der Waals surface area contributed by atoms with Crippen molar-refractivity contribution in [1.29, 1.82) is 0 Å². The SMILES string of the molecule is O=[N+]([O-])c1ccc(O)c(/C=N\Nc2ccccc2[N+](=O)[O-])c1. The van der Waals surface area contributed by atoms with Crippen molar-refractivity contribution in [2.45, 2.75) is 0 Å². The van der Waals surface area contributed by atoms with E-state index in [1.807, 2.05) is 0 Å². The normalized spacial score (nSPS) is 10.5. The fourth-order valence-corrected chi connectivity index (χ4v) is 1.66. The first-order chi connectivity index (χ1) is 10.5. The summed E-state index contributed by atoms with van der Waals surface area (Å²) in [6, 6.07) is 9.34. The zero-order chi connectivity index (χ0) is 16.1. The third kappa shape index (κ3) is 3.33. The van der Waals surface area contributed by atoms with Crippen LogP contribution in [0.2, 0.25) is 0 Å². The van der Waals surface area contributed by atoms with E-state index < -0.39 is 9.85 Å². The zero-order valence-electron chi connectivity index (χ0n) is 11.0. The average Bonchev–Trinajstić information content (AvgIpc) is 2.49. The van der Waals surface area contributed by atoms with Crippen LogP contribution in [0.3, 0.4) is 0 Å². The van der Waals surface area contributed by atoms with Gasteiger partial charge in [0.05, 0.1) is 16.1 Å². The second-order valence-corrected chi connectivity index (χ2v) is 4.14. The summed E-state index contributed by atoms with van der Waals surface area (Å²) in [6.07, 6.45) is 1.14. The number of nitrogens with zero attached hydrogens (tertiary/aromatic N) is 3. The van der Waals surface area contributed by atoms with E-state index in [1.54, 1.807) is 6.07 Å². The molecule has 112 valence electrons. The number of hydrogen-bond donors (Lipinski definition) is 2. The van der Waals surface area contributed by atoms with Crippen molar-refractivity contribution in [1.82, 2.24) is 0 Å². The molecule has 0 atom stereocenters. The maximum absolute atomic E-state index is 10.8. The molecular weight excluding hydrogens is 292 g/mol. The highest BCUT2D eigenvalue weighted by molar-refractivity contribution is 5.85. The Morgan fingerprint density at radius 1 is 1.09 bits per heavy atom. The Morgan fingerprint density at radius 3 is 2.50 bits per heavy atom. The largest absolute Gasteiger partial charge is 0.507 e. The highest BCUT2D eigenvalue weighted by atomic mass is 16.6. The number of anilines is 1. The van der Waals surface area contributed by atoms with E-state index in [0.717, 1.165) is 18.3 Å². The number of phenolic OH excluding ortho intramolecular Hbond substituents is 1. The molecule has 0 amide bonds. The molecule has 0 radical (unpaired) electrons. The van der Waals surface area contributed by atoms with Crippen LogP contribution in [0.15, 0.2) is 47.6 Å². The van der Waals surface area contributed by atoms with Gasteiger partial charge in [-0.15, -0.1) is 0 Å². The van der Waals surface area contributed by atoms with E-state index in [1.165, 1.54) is 24.3 Å². The van der Waals surface area contributed by atoms with Gasteiger partial charge >= 0.3 is 0 Å². The first kappa shape index (κ1) is 14.9. The third-order valence-corrected chi connectivity index (χ3v) is 2.71. The van der Waals surface area contributed by atoms with Crippen LogP contribution in [0.5, 0.6) is 5.75 Å². The molecule has 0 fully saturated rings. The molecule has 0 aliphatic rings. The predicted molar refractivity (Wildman–Crippen MR) is 79.1 cm³/mol. The summed E-state index contributed by atoms with van der Waals surface area (Å²) in [7, 11) is 0. The van der Waals surface area contributed by atoms with Crippen molar-refractivity contribution < 1.29 is 15.0 Å². The smallest absolute Gasteiger partial charge is 0.294 e. The van der Waals surface area contributed by atoms with Crippen LogP contribution in [-0.4, -0.2) is 21.2 Å². The quantitative estimate of drug-likeness (QED) is 0.496. The van der Waals surface area contributed by atoms with E-state index in [9.17, 15) is 25.3 Å². The Kier molecular flexibility index (Phi) is 4.27. The van der Waals surface area contributed by atoms with Gasteiger partial charge in [-0.05, 0) is 12.1 Å². The lowest BCUT2D eigenvalue weighted by Gasteiger charge is -2.02. The van der Waals surface area contributed by atoms with Gasteiger partial charge in [0.2, 0.25) is 0 Å². The zero-order valence-corrected chi connectivity index (χ0v) is 11.0. The molecule has 0 unspecified atom stereocenters. The summed E-state index contributed by atoms with van der Waals surface area (Å²) in [4.78, 5) is 20.3. The molecule has 0 heterocycles. The molecule has 0 aliphatic carbocycles. The molecule has 9 heteroatoms. The molecule has 2 N–H and O–H groups in total. The van der Waals surface area contributed by atoms with Gasteiger partial charge in [-0.25, -0.2) is 0 Å². The van der Waals surface area contributed by atoms with Crippen LogP contribution in [0.4, 0.5) is 17.1 Å². The van der Waals surface area contributed by atoms with Crippen molar-refractivity contribution in [3.8, 4) is 5.75 Å². The Morgan fingerprint density at radius 2 is 1.82 bits per heavy atom. The minimum absolute atomic E-state index is 0.111. The molecule has 2 aromatic carbocycles. The molecule has 0 saturated heterocycles. The first-order valence-corrected chi connectivity index (χ1v) is 5.99. The van der Waals surface area contributed by atoms with Crippen LogP contribution in [-0.2, 0) is 0 Å². The van der Waals surface area contributed by atoms with Crippen molar-refractivity contribution in [2.24, 2.45) is 5.10 Å². The summed E-state index contributed by atoms with van der Waals surface area (Å²) >= 11 is 0. The number of benzene rings is 2. The van der Waals surface area contributed by atoms with Crippen molar-refractivity contribution in [3.05, 3.63) is 68.3 Å². The number of aromatic hydroxyl groups is 1. The molecule has 2 rings (SSSR count). The van der Waals surface area contributed by atoms with Gasteiger partial charge in [-0.2, -0.15) is 5.10 Å². The van der Waals surface area contributed by atoms with Crippen LogP contribution in [0.1, 0.15) is 5.56 Å². The van der Waals surface area contributed by atoms with Crippen molar-refractivity contribution >= 4 is 23.3 Å². The minimum Gasteiger partial charge on any atom is -0.507 e. The Hall–Kier alpha value is -3.49. The fourth-order valence-electron chi connectivity index (χ4n) is 1.66. The van der Waals surface area contributed by atoms with Gasteiger partial charge in [0, 0.05) is 23.8 Å². The molecule has 0 spiro atoms. The molecule has 22 heavy (non-hydrogen) atoms. The number of non-ortho nitro benzene ring substituents is 1. The summed E-state index contributed by atoms with van der Waals surface area (Å²) in [6.45, 7) is 0. The number of nitro benzene ring substituents is 2. The second-order valence-electron chi connectivity index (χ2n) is 4.14. The topological polar surface area (TPSA) is 131 Å². The fraction of sp³-hybridized carbons (Fsp3) is 0. The molecular formula is C13H10N4O5. The highest BCUT2D eigenvalue weighted by Crippen LogP contribution is 2.24. The van der Waals surface area contributed by atoms with Gasteiger partial charge < -0.3 is 5.11 Å². The first-order valence-electron chi connectivity index (χ1n) is 5.99. The van der Waals surface area contributed by atoms with Crippen LogP contribution in [0.25, 0.3) is 0 Å². The summed E-state index contributed by atoms with van der Waals surface area (Å²) in [5.41, 5.74) is 2.37. The Balaban J connectivity index is 2.22. The van der Waals surface area contributed by atoms with Crippen LogP contribution >= 0.6 is 0 Å². The molecule has 0 aromatic heterocycles. The summed E-state index contributed by atoms with van der Waals surface area (Å²) < 4.78 is 0. The van der Waals surface area contributed by atoms with Crippen LogP contribution in [0, 0.1) is 20.2 Å². The van der Waals surface area contributed by atoms with E-state index >= 15 is 0 Å². The molecule has 0 saturated carbocycles. The lowest BCUT2D eigenvalue weighted by molar-refractivity contribution is -0.384. The summed E-state index contributed by atoms with van der Waals surface area (Å²) in [5.74, 6) is -0.196. The molecule has 9 nitrogen and oxygen atoms in total. The van der Waals surface area contributed by atoms with Crippen molar-refractivity contribution in [2.75, 3.05) is 5.43 Å².